The molecule has 0 radical (unpaired) electrons. The van der Waals surface area contributed by atoms with Crippen molar-refractivity contribution in [3.05, 3.63) is 16.0 Å². The van der Waals surface area contributed by atoms with Crippen molar-refractivity contribution in [3.8, 4) is 0 Å². The lowest BCUT2D eigenvalue weighted by Crippen LogP contribution is -2.32. The van der Waals surface area contributed by atoms with Crippen molar-refractivity contribution in [1.82, 2.24) is 0 Å². The van der Waals surface area contributed by atoms with Crippen LogP contribution in [0, 0.1) is 11.8 Å². The largest absolute Gasteiger partial charge is 0.481 e. The SMILES string of the molecule is CCN(CC(C)C(=O)O)c1sc2c(c1C(N)=O)CCC(C)C2. The van der Waals surface area contributed by atoms with E-state index in [2.05, 4.69) is 6.92 Å². The van der Waals surface area contributed by atoms with Crippen molar-refractivity contribution in [3.63, 3.8) is 0 Å². The highest BCUT2D eigenvalue weighted by molar-refractivity contribution is 7.16. The molecule has 0 spiro atoms. The van der Waals surface area contributed by atoms with Crippen molar-refractivity contribution in [2.75, 3.05) is 18.0 Å². The number of carbonyl (C=O) groups is 2. The first kappa shape index (κ1) is 16.8. The molecule has 0 bridgehead atoms. The molecule has 2 unspecified atom stereocenters. The standard InChI is InChI=1S/C16H24N2O3S/c1-4-18(8-10(3)16(20)21)15-13(14(17)19)11-6-5-9(2)7-12(11)22-15/h9-10H,4-8H2,1-3H3,(H2,17,19)(H,20,21). The van der Waals surface area contributed by atoms with E-state index in [4.69, 9.17) is 10.8 Å². The first-order chi connectivity index (χ1) is 10.3. The maximum Gasteiger partial charge on any atom is 0.308 e. The van der Waals surface area contributed by atoms with Crippen LogP contribution in [0.5, 0.6) is 0 Å². The van der Waals surface area contributed by atoms with Gasteiger partial charge in [0.05, 0.1) is 11.5 Å². The van der Waals surface area contributed by atoms with E-state index < -0.39 is 17.8 Å². The van der Waals surface area contributed by atoms with Gasteiger partial charge in [0, 0.05) is 18.0 Å². The van der Waals surface area contributed by atoms with Crippen LogP contribution in [-0.4, -0.2) is 30.1 Å². The van der Waals surface area contributed by atoms with Crippen LogP contribution in [0.4, 0.5) is 5.00 Å². The number of primary amides is 1. The molecular weight excluding hydrogens is 300 g/mol. The first-order valence-electron chi connectivity index (χ1n) is 7.77. The number of nitrogens with zero attached hydrogens (tertiary/aromatic N) is 1. The Bertz CT molecular complexity index is 582. The Morgan fingerprint density at radius 2 is 2.18 bits per heavy atom. The van der Waals surface area contributed by atoms with Crippen LogP contribution in [0.1, 0.15) is 48.0 Å². The Hall–Kier alpha value is -1.56. The Morgan fingerprint density at radius 1 is 1.50 bits per heavy atom. The Balaban J connectivity index is 2.40. The van der Waals surface area contributed by atoms with Gasteiger partial charge in [-0.2, -0.15) is 0 Å². The third-order valence-corrected chi connectivity index (χ3v) is 5.64. The molecular formula is C16H24N2O3S. The van der Waals surface area contributed by atoms with Crippen LogP contribution in [0.15, 0.2) is 0 Å². The minimum atomic E-state index is -0.825. The lowest BCUT2D eigenvalue weighted by Gasteiger charge is -2.24. The zero-order chi connectivity index (χ0) is 16.4. The molecule has 2 atom stereocenters. The van der Waals surface area contributed by atoms with Gasteiger partial charge in [-0.05, 0) is 37.7 Å². The minimum Gasteiger partial charge on any atom is -0.481 e. The average molecular weight is 324 g/mol. The molecule has 1 heterocycles. The van der Waals surface area contributed by atoms with E-state index in [9.17, 15) is 9.59 Å². The molecule has 122 valence electrons. The van der Waals surface area contributed by atoms with Crippen LogP contribution >= 0.6 is 11.3 Å². The first-order valence-corrected chi connectivity index (χ1v) is 8.58. The molecule has 1 aliphatic carbocycles. The molecule has 0 aliphatic heterocycles. The summed E-state index contributed by atoms with van der Waals surface area (Å²) in [5, 5.41) is 9.98. The molecule has 0 saturated carbocycles. The van der Waals surface area contributed by atoms with Crippen molar-refractivity contribution in [2.45, 2.75) is 40.0 Å². The van der Waals surface area contributed by atoms with E-state index in [1.54, 1.807) is 18.3 Å². The molecule has 22 heavy (non-hydrogen) atoms. The van der Waals surface area contributed by atoms with Crippen molar-refractivity contribution in [1.29, 1.82) is 0 Å². The molecule has 1 amide bonds. The summed E-state index contributed by atoms with van der Waals surface area (Å²) in [6, 6.07) is 0. The number of amides is 1. The fraction of sp³-hybridized carbons (Fsp3) is 0.625. The van der Waals surface area contributed by atoms with Crippen LogP contribution in [-0.2, 0) is 17.6 Å². The molecule has 1 aliphatic rings. The summed E-state index contributed by atoms with van der Waals surface area (Å²) in [4.78, 5) is 26.3. The summed E-state index contributed by atoms with van der Waals surface area (Å²) >= 11 is 1.61. The van der Waals surface area contributed by atoms with E-state index in [0.29, 0.717) is 24.6 Å². The third-order valence-electron chi connectivity index (χ3n) is 4.32. The number of carbonyl (C=O) groups excluding carboxylic acids is 1. The maximum absolute atomic E-state index is 12.0. The average Bonchev–Trinajstić information content (AvgIpc) is 2.82. The second-order valence-electron chi connectivity index (χ2n) is 6.17. The van der Waals surface area contributed by atoms with E-state index in [1.807, 2.05) is 11.8 Å². The van der Waals surface area contributed by atoms with Gasteiger partial charge in [0.25, 0.3) is 5.91 Å². The van der Waals surface area contributed by atoms with E-state index >= 15 is 0 Å². The number of nitrogens with two attached hydrogens (primary N) is 1. The van der Waals surface area contributed by atoms with Gasteiger partial charge in [-0.3, -0.25) is 9.59 Å². The molecule has 0 fully saturated rings. The van der Waals surface area contributed by atoms with Gasteiger partial charge in [0.15, 0.2) is 0 Å². The number of anilines is 1. The fourth-order valence-electron chi connectivity index (χ4n) is 2.98. The topological polar surface area (TPSA) is 83.6 Å². The van der Waals surface area contributed by atoms with Crippen LogP contribution in [0.3, 0.4) is 0 Å². The number of fused-ring (bicyclic) bond motifs is 1. The van der Waals surface area contributed by atoms with Crippen LogP contribution in [0.25, 0.3) is 0 Å². The summed E-state index contributed by atoms with van der Waals surface area (Å²) in [5.41, 5.74) is 7.33. The van der Waals surface area contributed by atoms with E-state index in [0.717, 1.165) is 29.8 Å². The number of carboxylic acids is 1. The maximum atomic E-state index is 12.0. The van der Waals surface area contributed by atoms with Gasteiger partial charge in [-0.25, -0.2) is 0 Å². The summed E-state index contributed by atoms with van der Waals surface area (Å²) in [7, 11) is 0. The lowest BCUT2D eigenvalue weighted by molar-refractivity contribution is -0.140. The highest BCUT2D eigenvalue weighted by Crippen LogP contribution is 2.41. The Morgan fingerprint density at radius 3 is 2.73 bits per heavy atom. The number of rotatable bonds is 6. The minimum absolute atomic E-state index is 0.390. The van der Waals surface area contributed by atoms with Crippen LogP contribution < -0.4 is 10.6 Å². The van der Waals surface area contributed by atoms with Gasteiger partial charge in [0.2, 0.25) is 0 Å². The predicted octanol–water partition coefficient (Wildman–Crippen LogP) is 2.52. The van der Waals surface area contributed by atoms with Crippen molar-refractivity contribution < 1.29 is 14.7 Å². The molecule has 0 saturated heterocycles. The lowest BCUT2D eigenvalue weighted by atomic mass is 9.88. The predicted molar refractivity (Wildman–Crippen MR) is 88.7 cm³/mol. The summed E-state index contributed by atoms with van der Waals surface area (Å²) in [6.07, 6.45) is 2.94. The summed E-state index contributed by atoms with van der Waals surface area (Å²) < 4.78 is 0. The number of aliphatic carboxylic acids is 1. The normalized spacial score (nSPS) is 18.6. The van der Waals surface area contributed by atoms with Gasteiger partial charge in [-0.15, -0.1) is 11.3 Å². The third kappa shape index (κ3) is 3.27. The molecule has 1 aromatic rings. The van der Waals surface area contributed by atoms with Gasteiger partial charge in [0.1, 0.15) is 5.00 Å². The number of hydrogen-bond acceptors (Lipinski definition) is 4. The van der Waals surface area contributed by atoms with Gasteiger partial charge in [-0.1, -0.05) is 13.8 Å². The molecule has 2 rings (SSSR count). The smallest absolute Gasteiger partial charge is 0.308 e. The van der Waals surface area contributed by atoms with E-state index in [-0.39, 0.29) is 0 Å². The second-order valence-corrected chi connectivity index (χ2v) is 7.26. The number of hydrogen-bond donors (Lipinski definition) is 2. The molecule has 6 heteroatoms. The molecule has 0 aromatic carbocycles. The fourth-order valence-corrected chi connectivity index (χ4v) is 4.56. The highest BCUT2D eigenvalue weighted by atomic mass is 32.1. The molecule has 3 N–H and O–H groups in total. The Kier molecular flexibility index (Phi) is 5.11. The molecule has 1 aromatic heterocycles. The quantitative estimate of drug-likeness (QED) is 0.842. The number of thiophene rings is 1. The second kappa shape index (κ2) is 6.69. The zero-order valence-electron chi connectivity index (χ0n) is 13.4. The Labute approximate surface area is 135 Å². The highest BCUT2D eigenvalue weighted by Gasteiger charge is 2.29. The summed E-state index contributed by atoms with van der Waals surface area (Å²) in [6.45, 7) is 6.93. The molecule has 5 nitrogen and oxygen atoms in total. The summed E-state index contributed by atoms with van der Waals surface area (Å²) in [5.74, 6) is -1.09. The zero-order valence-corrected chi connectivity index (χ0v) is 14.2. The monoisotopic (exact) mass is 324 g/mol. The van der Waals surface area contributed by atoms with Crippen molar-refractivity contribution >= 4 is 28.2 Å². The number of carboxylic acid groups (broad SMARTS) is 1. The van der Waals surface area contributed by atoms with Gasteiger partial charge < -0.3 is 15.7 Å². The van der Waals surface area contributed by atoms with Gasteiger partial charge >= 0.3 is 5.97 Å². The van der Waals surface area contributed by atoms with Crippen molar-refractivity contribution in [2.24, 2.45) is 17.6 Å². The van der Waals surface area contributed by atoms with E-state index in [1.165, 1.54) is 4.88 Å². The van der Waals surface area contributed by atoms with Crippen LogP contribution in [0.2, 0.25) is 0 Å².